The molecule has 0 heterocycles. The van der Waals surface area contributed by atoms with Crippen molar-refractivity contribution >= 4 is 22.7 Å². The van der Waals surface area contributed by atoms with Crippen molar-refractivity contribution in [2.45, 2.75) is 55.4 Å². The quantitative estimate of drug-likeness (QED) is 0.308. The van der Waals surface area contributed by atoms with Gasteiger partial charge in [-0.2, -0.15) is 0 Å². The fourth-order valence-corrected chi connectivity index (χ4v) is 5.36. The van der Waals surface area contributed by atoms with Crippen LogP contribution in [0.3, 0.4) is 0 Å². The van der Waals surface area contributed by atoms with Crippen molar-refractivity contribution in [2.24, 2.45) is 0 Å². The van der Waals surface area contributed by atoms with Gasteiger partial charge in [-0.3, -0.25) is 0 Å². The van der Waals surface area contributed by atoms with Crippen LogP contribution in [-0.2, 0) is 0 Å². The van der Waals surface area contributed by atoms with E-state index in [1.54, 1.807) is 6.08 Å². The van der Waals surface area contributed by atoms with E-state index in [0.29, 0.717) is 5.57 Å². The van der Waals surface area contributed by atoms with Crippen molar-refractivity contribution in [1.82, 2.24) is 0 Å². The fourth-order valence-electron chi connectivity index (χ4n) is 5.36. The molecule has 3 nitrogen and oxygen atoms in total. The van der Waals surface area contributed by atoms with Crippen LogP contribution in [0.2, 0.25) is 0 Å². The zero-order chi connectivity index (χ0) is 27.1. The van der Waals surface area contributed by atoms with E-state index < -0.39 is 0 Å². The monoisotopic (exact) mass is 502 g/mol. The van der Waals surface area contributed by atoms with Crippen molar-refractivity contribution in [2.75, 3.05) is 49.1 Å². The maximum Gasteiger partial charge on any atom is 0.202 e. The maximum atomic E-state index is 15.9. The van der Waals surface area contributed by atoms with Crippen LogP contribution in [0.25, 0.3) is 5.57 Å². The van der Waals surface area contributed by atoms with Gasteiger partial charge in [0.05, 0.1) is 0 Å². The molecule has 0 aliphatic heterocycles. The van der Waals surface area contributed by atoms with Crippen LogP contribution in [0.4, 0.5) is 15.8 Å². The topological polar surface area (TPSA) is 9.49 Å². The molecule has 0 unspecified atom stereocenters. The first-order valence-corrected chi connectivity index (χ1v) is 14.0. The molecule has 0 saturated carbocycles. The molecule has 1 aliphatic rings. The first-order chi connectivity index (χ1) is 17.8. The van der Waals surface area contributed by atoms with Gasteiger partial charge in [0, 0.05) is 55.3 Å². The summed E-state index contributed by atoms with van der Waals surface area (Å²) in [4.78, 5) is 4.69. The fraction of sp³-hybridized carbons (Fsp3) is 0.424. The summed E-state index contributed by atoms with van der Waals surface area (Å²) in [5.41, 5.74) is 9.39. The Hall–Kier alpha value is -3.14. The number of hydrogen-bond acceptors (Lipinski definition) is 2. The molecular formula is C33H45FN3+. The SMILES string of the molecule is CCN(CC)c1ccc(C(=C2C=CC(=[N+](CC)CC)C=C2F)c2ccc(N(CC)CC)cc2C)c(C)c1. The molecule has 2 aromatic carbocycles. The summed E-state index contributed by atoms with van der Waals surface area (Å²) in [6.45, 7) is 22.7. The molecule has 37 heavy (non-hydrogen) atoms. The molecule has 0 N–H and O–H groups in total. The lowest BCUT2D eigenvalue weighted by Gasteiger charge is -2.25. The van der Waals surface area contributed by atoms with E-state index >= 15 is 4.39 Å². The average molecular weight is 503 g/mol. The molecule has 4 heteroatoms. The van der Waals surface area contributed by atoms with Crippen LogP contribution in [-0.4, -0.2) is 49.6 Å². The van der Waals surface area contributed by atoms with Crippen molar-refractivity contribution in [3.63, 3.8) is 0 Å². The number of hydrogen-bond donors (Lipinski definition) is 0. The lowest BCUT2D eigenvalue weighted by atomic mass is 9.85. The number of benzene rings is 2. The van der Waals surface area contributed by atoms with Gasteiger partial charge in [0.25, 0.3) is 0 Å². The van der Waals surface area contributed by atoms with Crippen molar-refractivity contribution in [3.8, 4) is 0 Å². The summed E-state index contributed by atoms with van der Waals surface area (Å²) in [6, 6.07) is 13.2. The Morgan fingerprint density at radius 3 is 1.51 bits per heavy atom. The number of halogens is 1. The summed E-state index contributed by atoms with van der Waals surface area (Å²) in [5.74, 6) is -0.182. The first-order valence-electron chi connectivity index (χ1n) is 14.0. The third kappa shape index (κ3) is 6.06. The van der Waals surface area contributed by atoms with Gasteiger partial charge in [-0.15, -0.1) is 0 Å². The van der Waals surface area contributed by atoms with Gasteiger partial charge in [0.15, 0.2) is 0 Å². The lowest BCUT2D eigenvalue weighted by molar-refractivity contribution is -0.519. The molecule has 0 amide bonds. The summed E-state index contributed by atoms with van der Waals surface area (Å²) >= 11 is 0. The van der Waals surface area contributed by atoms with E-state index in [1.807, 2.05) is 6.08 Å². The van der Waals surface area contributed by atoms with E-state index in [4.69, 9.17) is 0 Å². The molecule has 0 radical (unpaired) electrons. The van der Waals surface area contributed by atoms with E-state index in [-0.39, 0.29) is 5.83 Å². The van der Waals surface area contributed by atoms with Crippen molar-refractivity contribution in [1.29, 1.82) is 0 Å². The van der Waals surface area contributed by atoms with Crippen LogP contribution in [0.15, 0.2) is 66.0 Å². The largest absolute Gasteiger partial charge is 0.372 e. The highest BCUT2D eigenvalue weighted by atomic mass is 19.1. The predicted molar refractivity (Wildman–Crippen MR) is 160 cm³/mol. The molecule has 0 bridgehead atoms. The molecule has 0 saturated heterocycles. The van der Waals surface area contributed by atoms with Crippen LogP contribution in [0.1, 0.15) is 63.8 Å². The Kier molecular flexibility index (Phi) is 9.91. The Balaban J connectivity index is 2.27. The molecular weight excluding hydrogens is 457 g/mol. The minimum absolute atomic E-state index is 0.182. The van der Waals surface area contributed by atoms with Gasteiger partial charge in [-0.25, -0.2) is 8.97 Å². The van der Waals surface area contributed by atoms with Gasteiger partial charge in [-0.1, -0.05) is 12.1 Å². The minimum atomic E-state index is -0.182. The molecule has 3 rings (SSSR count). The number of anilines is 2. The standard InChI is InChI=1S/C33H45FN3/c1-9-35(10-2)26-15-18-29(24(7)21-26)33(30-19-16-27(22-25(30)8)36(11-3)12-4)31-20-17-28(23-32(31)34)37(13-5)14-6/h15-23H,9-14H2,1-8H3/q+1. The Morgan fingerprint density at radius 2 is 1.16 bits per heavy atom. The number of allylic oxidation sites excluding steroid dienone is 5. The summed E-state index contributed by atoms with van der Waals surface area (Å²) in [5, 5.41) is 0. The Labute approximate surface area is 224 Å². The van der Waals surface area contributed by atoms with Crippen LogP contribution in [0, 0.1) is 13.8 Å². The zero-order valence-corrected chi connectivity index (χ0v) is 24.2. The summed E-state index contributed by atoms with van der Waals surface area (Å²) in [6.07, 6.45) is 5.72. The van der Waals surface area contributed by atoms with E-state index in [2.05, 4.69) is 112 Å². The van der Waals surface area contributed by atoms with Gasteiger partial charge < -0.3 is 9.80 Å². The Morgan fingerprint density at radius 1 is 0.703 bits per heavy atom. The molecule has 0 fully saturated rings. The number of nitrogens with zero attached hydrogens (tertiary/aromatic N) is 3. The van der Waals surface area contributed by atoms with E-state index in [1.165, 1.54) is 11.4 Å². The highest BCUT2D eigenvalue weighted by Gasteiger charge is 2.23. The van der Waals surface area contributed by atoms with Gasteiger partial charge in [0.1, 0.15) is 18.9 Å². The summed E-state index contributed by atoms with van der Waals surface area (Å²) < 4.78 is 18.1. The van der Waals surface area contributed by atoms with Crippen molar-refractivity contribution < 1.29 is 8.97 Å². The molecule has 0 spiro atoms. The second-order valence-electron chi connectivity index (χ2n) is 9.55. The second-order valence-corrected chi connectivity index (χ2v) is 9.55. The average Bonchev–Trinajstić information content (AvgIpc) is 2.89. The lowest BCUT2D eigenvalue weighted by Crippen LogP contribution is -2.22. The smallest absolute Gasteiger partial charge is 0.202 e. The maximum absolute atomic E-state index is 15.9. The van der Waals surface area contributed by atoms with Gasteiger partial charge in [-0.05, 0) is 114 Å². The third-order valence-electron chi connectivity index (χ3n) is 7.57. The first kappa shape index (κ1) is 28.4. The Bertz CT molecular complexity index is 1150. The minimum Gasteiger partial charge on any atom is -0.372 e. The molecule has 198 valence electrons. The van der Waals surface area contributed by atoms with Crippen LogP contribution >= 0.6 is 0 Å². The normalized spacial score (nSPS) is 13.1. The van der Waals surface area contributed by atoms with E-state index in [9.17, 15) is 0 Å². The number of rotatable bonds is 10. The number of aryl methyl sites for hydroxylation is 2. The second kappa shape index (κ2) is 12.9. The van der Waals surface area contributed by atoms with Crippen molar-refractivity contribution in [3.05, 3.63) is 88.3 Å². The predicted octanol–water partition coefficient (Wildman–Crippen LogP) is 7.71. The highest BCUT2D eigenvalue weighted by Crippen LogP contribution is 2.38. The zero-order valence-electron chi connectivity index (χ0n) is 24.2. The van der Waals surface area contributed by atoms with E-state index in [0.717, 1.165) is 72.8 Å². The molecule has 0 aromatic heterocycles. The highest BCUT2D eigenvalue weighted by molar-refractivity contribution is 6.05. The molecule has 2 aromatic rings. The third-order valence-corrected chi connectivity index (χ3v) is 7.57. The molecule has 0 atom stereocenters. The van der Waals surface area contributed by atoms with Gasteiger partial charge in [0.2, 0.25) is 5.71 Å². The van der Waals surface area contributed by atoms with Gasteiger partial charge >= 0.3 is 0 Å². The molecule has 1 aliphatic carbocycles. The summed E-state index contributed by atoms with van der Waals surface area (Å²) in [7, 11) is 0. The van der Waals surface area contributed by atoms with Crippen LogP contribution < -0.4 is 9.80 Å². The van der Waals surface area contributed by atoms with Crippen LogP contribution in [0.5, 0.6) is 0 Å².